The van der Waals surface area contributed by atoms with E-state index in [0.29, 0.717) is 12.8 Å². The molecule has 3 heteroatoms. The Balaban J connectivity index is 2.92. The molecule has 0 aliphatic rings. The van der Waals surface area contributed by atoms with Crippen LogP contribution in [0.15, 0.2) is 18.2 Å². The van der Waals surface area contributed by atoms with Crippen LogP contribution in [0.3, 0.4) is 0 Å². The van der Waals surface area contributed by atoms with Gasteiger partial charge in [0, 0.05) is 13.0 Å². The van der Waals surface area contributed by atoms with Crippen molar-refractivity contribution in [3.8, 4) is 0 Å². The number of aliphatic hydroxyl groups is 1. The summed E-state index contributed by atoms with van der Waals surface area (Å²) in [5, 5.41) is 10.1. The third kappa shape index (κ3) is 3.01. The highest BCUT2D eigenvalue weighted by Gasteiger charge is 2.23. The molecule has 0 fully saturated rings. The first-order valence-corrected chi connectivity index (χ1v) is 5.18. The van der Waals surface area contributed by atoms with Crippen molar-refractivity contribution in [3.05, 3.63) is 35.1 Å². The first-order valence-electron chi connectivity index (χ1n) is 5.18. The first-order chi connectivity index (χ1) is 7.00. The van der Waals surface area contributed by atoms with Crippen LogP contribution in [0.2, 0.25) is 0 Å². The fourth-order valence-electron chi connectivity index (χ4n) is 1.53. The second-order valence-electron chi connectivity index (χ2n) is 4.03. The van der Waals surface area contributed by atoms with Crippen LogP contribution in [0.25, 0.3) is 0 Å². The zero-order valence-corrected chi connectivity index (χ0v) is 9.26. The van der Waals surface area contributed by atoms with Gasteiger partial charge in [-0.2, -0.15) is 0 Å². The van der Waals surface area contributed by atoms with Crippen LogP contribution in [0.1, 0.15) is 24.5 Å². The molecule has 0 bridgehead atoms. The van der Waals surface area contributed by atoms with Crippen LogP contribution in [-0.2, 0) is 6.42 Å². The highest BCUT2D eigenvalue weighted by Crippen LogP contribution is 2.19. The van der Waals surface area contributed by atoms with Gasteiger partial charge in [0.05, 0.1) is 5.60 Å². The van der Waals surface area contributed by atoms with E-state index in [1.54, 1.807) is 6.07 Å². The topological polar surface area (TPSA) is 46.2 Å². The molecule has 1 aromatic carbocycles. The van der Waals surface area contributed by atoms with Gasteiger partial charge >= 0.3 is 0 Å². The maximum absolute atomic E-state index is 13.0. The molecule has 1 unspecified atom stereocenters. The van der Waals surface area contributed by atoms with Gasteiger partial charge < -0.3 is 10.8 Å². The molecule has 15 heavy (non-hydrogen) atoms. The molecule has 0 spiro atoms. The molecule has 84 valence electrons. The largest absolute Gasteiger partial charge is 0.388 e. The maximum Gasteiger partial charge on any atom is 0.123 e. The predicted molar refractivity (Wildman–Crippen MR) is 59.1 cm³/mol. The minimum atomic E-state index is -0.918. The van der Waals surface area contributed by atoms with Crippen LogP contribution < -0.4 is 5.73 Å². The van der Waals surface area contributed by atoms with Crippen molar-refractivity contribution in [3.63, 3.8) is 0 Å². The Labute approximate surface area is 89.9 Å². The second-order valence-corrected chi connectivity index (χ2v) is 4.03. The number of hydrogen-bond donors (Lipinski definition) is 2. The van der Waals surface area contributed by atoms with Gasteiger partial charge in [0.15, 0.2) is 0 Å². The standard InChI is InChI=1S/C12H18FNO/c1-3-12(15,8-14)7-10-6-11(13)5-4-9(10)2/h4-6,15H,3,7-8,14H2,1-2H3. The van der Waals surface area contributed by atoms with E-state index in [4.69, 9.17) is 5.73 Å². The number of halogens is 1. The molecular weight excluding hydrogens is 193 g/mol. The molecule has 0 heterocycles. The predicted octanol–water partition coefficient (Wildman–Crippen LogP) is 1.78. The molecular formula is C12H18FNO. The molecule has 0 aromatic heterocycles. The zero-order valence-electron chi connectivity index (χ0n) is 9.26. The van der Waals surface area contributed by atoms with Crippen molar-refractivity contribution in [1.29, 1.82) is 0 Å². The summed E-state index contributed by atoms with van der Waals surface area (Å²) in [7, 11) is 0. The zero-order chi connectivity index (χ0) is 11.5. The van der Waals surface area contributed by atoms with Crippen molar-refractivity contribution in [2.45, 2.75) is 32.3 Å². The van der Waals surface area contributed by atoms with Crippen molar-refractivity contribution >= 4 is 0 Å². The van der Waals surface area contributed by atoms with Crippen molar-refractivity contribution in [2.24, 2.45) is 5.73 Å². The Kier molecular flexibility index (Phi) is 3.83. The molecule has 0 aliphatic carbocycles. The van der Waals surface area contributed by atoms with E-state index < -0.39 is 5.60 Å². The van der Waals surface area contributed by atoms with E-state index in [1.165, 1.54) is 12.1 Å². The van der Waals surface area contributed by atoms with Crippen molar-refractivity contribution in [1.82, 2.24) is 0 Å². The lowest BCUT2D eigenvalue weighted by Crippen LogP contribution is -2.39. The van der Waals surface area contributed by atoms with Crippen LogP contribution in [0, 0.1) is 12.7 Å². The quantitative estimate of drug-likeness (QED) is 0.797. The van der Waals surface area contributed by atoms with E-state index in [9.17, 15) is 9.50 Å². The Hall–Kier alpha value is -0.930. The molecule has 3 N–H and O–H groups in total. The van der Waals surface area contributed by atoms with Gasteiger partial charge in [-0.3, -0.25) is 0 Å². The normalized spacial score (nSPS) is 15.0. The summed E-state index contributed by atoms with van der Waals surface area (Å²) in [6.45, 7) is 3.97. The monoisotopic (exact) mass is 211 g/mol. The summed E-state index contributed by atoms with van der Waals surface area (Å²) in [6.07, 6.45) is 0.975. The number of rotatable bonds is 4. The summed E-state index contributed by atoms with van der Waals surface area (Å²) in [5.74, 6) is -0.272. The van der Waals surface area contributed by atoms with Gasteiger partial charge in [0.2, 0.25) is 0 Å². The molecule has 0 radical (unpaired) electrons. The maximum atomic E-state index is 13.0. The molecule has 2 nitrogen and oxygen atoms in total. The van der Waals surface area contributed by atoms with Gasteiger partial charge in [-0.1, -0.05) is 13.0 Å². The lowest BCUT2D eigenvalue weighted by atomic mass is 9.90. The average Bonchev–Trinajstić information content (AvgIpc) is 2.23. The highest BCUT2D eigenvalue weighted by atomic mass is 19.1. The van der Waals surface area contributed by atoms with Gasteiger partial charge in [-0.25, -0.2) is 4.39 Å². The smallest absolute Gasteiger partial charge is 0.123 e. The van der Waals surface area contributed by atoms with Gasteiger partial charge in [0.25, 0.3) is 0 Å². The Morgan fingerprint density at radius 3 is 2.67 bits per heavy atom. The fraction of sp³-hybridized carbons (Fsp3) is 0.500. The molecule has 0 saturated carbocycles. The first kappa shape index (κ1) is 12.1. The molecule has 0 saturated heterocycles. The highest BCUT2D eigenvalue weighted by molar-refractivity contribution is 5.28. The molecule has 1 rings (SSSR count). The Morgan fingerprint density at radius 2 is 2.13 bits per heavy atom. The Morgan fingerprint density at radius 1 is 1.47 bits per heavy atom. The number of nitrogens with two attached hydrogens (primary N) is 1. The minimum absolute atomic E-state index is 0.194. The number of benzene rings is 1. The van der Waals surface area contributed by atoms with Crippen molar-refractivity contribution < 1.29 is 9.50 Å². The van der Waals surface area contributed by atoms with E-state index in [2.05, 4.69) is 0 Å². The summed E-state index contributed by atoms with van der Waals surface area (Å²) < 4.78 is 13.0. The third-order valence-electron chi connectivity index (χ3n) is 2.87. The van der Waals surface area contributed by atoms with Crippen LogP contribution in [-0.4, -0.2) is 17.3 Å². The molecule has 0 aliphatic heterocycles. The van der Waals surface area contributed by atoms with E-state index in [1.807, 2.05) is 13.8 Å². The second kappa shape index (κ2) is 4.73. The van der Waals surface area contributed by atoms with Crippen molar-refractivity contribution in [2.75, 3.05) is 6.54 Å². The van der Waals surface area contributed by atoms with Gasteiger partial charge in [0.1, 0.15) is 5.82 Å². The lowest BCUT2D eigenvalue weighted by Gasteiger charge is -2.25. The lowest BCUT2D eigenvalue weighted by molar-refractivity contribution is 0.0454. The SMILES string of the molecule is CCC(O)(CN)Cc1cc(F)ccc1C. The summed E-state index contributed by atoms with van der Waals surface area (Å²) in [5.41, 5.74) is 6.40. The minimum Gasteiger partial charge on any atom is -0.388 e. The summed E-state index contributed by atoms with van der Waals surface area (Å²) in [6, 6.07) is 4.61. The number of aryl methyl sites for hydroxylation is 1. The van der Waals surface area contributed by atoms with Gasteiger partial charge in [-0.05, 0) is 36.6 Å². The van der Waals surface area contributed by atoms with E-state index >= 15 is 0 Å². The van der Waals surface area contributed by atoms with Crippen LogP contribution in [0.4, 0.5) is 4.39 Å². The van der Waals surface area contributed by atoms with Crippen LogP contribution >= 0.6 is 0 Å². The molecule has 1 atom stereocenters. The molecule has 0 amide bonds. The van der Waals surface area contributed by atoms with E-state index in [0.717, 1.165) is 11.1 Å². The fourth-order valence-corrected chi connectivity index (χ4v) is 1.53. The number of hydrogen-bond acceptors (Lipinski definition) is 2. The van der Waals surface area contributed by atoms with Gasteiger partial charge in [-0.15, -0.1) is 0 Å². The third-order valence-corrected chi connectivity index (χ3v) is 2.87. The van der Waals surface area contributed by atoms with E-state index in [-0.39, 0.29) is 12.4 Å². The Bertz CT molecular complexity index is 334. The summed E-state index contributed by atoms with van der Waals surface area (Å²) in [4.78, 5) is 0. The summed E-state index contributed by atoms with van der Waals surface area (Å²) >= 11 is 0. The van der Waals surface area contributed by atoms with Crippen LogP contribution in [0.5, 0.6) is 0 Å². The molecule has 1 aromatic rings. The average molecular weight is 211 g/mol.